The number of hydrogen-bond donors (Lipinski definition) is 1. The number of aryl methyl sites for hydroxylation is 1. The molecule has 124 valence electrons. The summed E-state index contributed by atoms with van der Waals surface area (Å²) in [5.74, 6) is 1.08. The van der Waals surface area contributed by atoms with Gasteiger partial charge in [-0.15, -0.1) is 21.5 Å². The van der Waals surface area contributed by atoms with Crippen molar-refractivity contribution in [2.45, 2.75) is 25.0 Å². The van der Waals surface area contributed by atoms with Crippen LogP contribution in [0.2, 0.25) is 0 Å². The molecule has 1 N–H and O–H groups in total. The van der Waals surface area contributed by atoms with E-state index in [-0.39, 0.29) is 5.91 Å². The molecular formula is C16H16N4O2S2. The Morgan fingerprint density at radius 1 is 1.29 bits per heavy atom. The number of hydrogen-bond acceptors (Lipinski definition) is 7. The summed E-state index contributed by atoms with van der Waals surface area (Å²) >= 11 is 2.97. The van der Waals surface area contributed by atoms with Gasteiger partial charge in [-0.2, -0.15) is 0 Å². The number of anilines is 1. The Kier molecular flexibility index (Phi) is 5.60. The van der Waals surface area contributed by atoms with E-state index in [0.717, 1.165) is 16.4 Å². The van der Waals surface area contributed by atoms with Gasteiger partial charge >= 0.3 is 0 Å². The van der Waals surface area contributed by atoms with Gasteiger partial charge < -0.3 is 9.73 Å². The molecule has 1 aromatic carbocycles. The van der Waals surface area contributed by atoms with Gasteiger partial charge in [-0.05, 0) is 19.1 Å². The second-order valence-electron chi connectivity index (χ2n) is 5.01. The van der Waals surface area contributed by atoms with Crippen LogP contribution >= 0.6 is 23.1 Å². The summed E-state index contributed by atoms with van der Waals surface area (Å²) < 4.78 is 5.57. The number of thiazole rings is 1. The third kappa shape index (κ3) is 4.90. The number of benzene rings is 1. The van der Waals surface area contributed by atoms with Crippen molar-refractivity contribution in [2.75, 3.05) is 11.1 Å². The van der Waals surface area contributed by atoms with Crippen molar-refractivity contribution in [3.8, 4) is 0 Å². The molecule has 1 amide bonds. The first-order valence-corrected chi connectivity index (χ1v) is 9.26. The molecule has 8 heteroatoms. The maximum atomic E-state index is 11.9. The van der Waals surface area contributed by atoms with Crippen molar-refractivity contribution in [1.29, 1.82) is 0 Å². The number of rotatable bonds is 7. The Hall–Kier alpha value is -2.19. The predicted molar refractivity (Wildman–Crippen MR) is 94.4 cm³/mol. The zero-order valence-corrected chi connectivity index (χ0v) is 14.7. The third-order valence-corrected chi connectivity index (χ3v) is 4.70. The third-order valence-electron chi connectivity index (χ3n) is 3.06. The van der Waals surface area contributed by atoms with Crippen LogP contribution in [0.5, 0.6) is 0 Å². The lowest BCUT2D eigenvalue weighted by Crippen LogP contribution is -2.11. The highest BCUT2D eigenvalue weighted by atomic mass is 32.2. The van der Waals surface area contributed by atoms with E-state index in [1.807, 2.05) is 42.6 Å². The van der Waals surface area contributed by atoms with Gasteiger partial charge in [0.25, 0.3) is 5.22 Å². The highest BCUT2D eigenvalue weighted by Gasteiger charge is 2.10. The molecule has 0 saturated heterocycles. The van der Waals surface area contributed by atoms with Gasteiger partial charge in [-0.1, -0.05) is 30.0 Å². The first kappa shape index (κ1) is 16.7. The monoisotopic (exact) mass is 360 g/mol. The van der Waals surface area contributed by atoms with E-state index in [2.05, 4.69) is 20.5 Å². The Morgan fingerprint density at radius 2 is 2.12 bits per heavy atom. The van der Waals surface area contributed by atoms with E-state index >= 15 is 0 Å². The van der Waals surface area contributed by atoms with Gasteiger partial charge in [0.2, 0.25) is 11.8 Å². The second-order valence-corrected chi connectivity index (χ2v) is 7.12. The van der Waals surface area contributed by atoms with Gasteiger partial charge in [-0.25, -0.2) is 4.98 Å². The molecule has 0 aliphatic heterocycles. The molecule has 24 heavy (non-hydrogen) atoms. The Bertz CT molecular complexity index is 801. The first-order chi connectivity index (χ1) is 11.7. The number of para-hydroxylation sites is 1. The smallest absolute Gasteiger partial charge is 0.276 e. The zero-order chi connectivity index (χ0) is 16.8. The van der Waals surface area contributed by atoms with Gasteiger partial charge in [0.15, 0.2) is 0 Å². The van der Waals surface area contributed by atoms with Crippen molar-refractivity contribution in [2.24, 2.45) is 0 Å². The second kappa shape index (κ2) is 8.07. The quantitative estimate of drug-likeness (QED) is 0.649. The minimum atomic E-state index is -0.0358. The average molecular weight is 360 g/mol. The normalized spacial score (nSPS) is 10.7. The summed E-state index contributed by atoms with van der Waals surface area (Å²) in [4.78, 5) is 16.2. The molecule has 6 nitrogen and oxygen atoms in total. The lowest BCUT2D eigenvalue weighted by Gasteiger charge is -2.03. The molecule has 3 aromatic rings. The summed E-state index contributed by atoms with van der Waals surface area (Å²) in [5, 5.41) is 14.3. The number of nitrogens with zero attached hydrogens (tertiary/aromatic N) is 3. The summed E-state index contributed by atoms with van der Waals surface area (Å²) in [7, 11) is 0. The van der Waals surface area contributed by atoms with Crippen molar-refractivity contribution >= 4 is 34.7 Å². The molecular weight excluding hydrogens is 344 g/mol. The number of aromatic nitrogens is 3. The molecule has 2 aromatic heterocycles. The minimum absolute atomic E-state index is 0.0358. The van der Waals surface area contributed by atoms with Crippen molar-refractivity contribution in [3.63, 3.8) is 0 Å². The van der Waals surface area contributed by atoms with E-state index in [0.29, 0.717) is 29.7 Å². The molecule has 0 fully saturated rings. The van der Waals surface area contributed by atoms with Crippen molar-refractivity contribution < 1.29 is 9.21 Å². The van der Waals surface area contributed by atoms with Crippen LogP contribution in [-0.4, -0.2) is 26.8 Å². The van der Waals surface area contributed by atoms with Crippen LogP contribution in [-0.2, 0) is 11.2 Å². The average Bonchev–Trinajstić information content (AvgIpc) is 3.18. The molecule has 0 bridgehead atoms. The number of carbonyl (C=O) groups excluding carboxylic acids is 1. The molecule has 0 unspecified atom stereocenters. The maximum Gasteiger partial charge on any atom is 0.276 e. The Morgan fingerprint density at radius 3 is 2.88 bits per heavy atom. The van der Waals surface area contributed by atoms with E-state index in [9.17, 15) is 4.79 Å². The van der Waals surface area contributed by atoms with Gasteiger partial charge in [-0.3, -0.25) is 4.79 Å². The SMILES string of the molecule is Cc1nc(Cc2nnc(SCCC(=O)Nc3ccccc3)o2)cs1. The fraction of sp³-hybridized carbons (Fsp3) is 0.250. The molecule has 2 heterocycles. The Balaban J connectivity index is 1.43. The molecule has 0 saturated carbocycles. The standard InChI is InChI=1S/C16H16N4O2S2/c1-11-17-13(10-24-11)9-15-19-20-16(22-15)23-8-7-14(21)18-12-5-3-2-4-6-12/h2-6,10H,7-9H2,1H3,(H,18,21). The summed E-state index contributed by atoms with van der Waals surface area (Å²) in [5.41, 5.74) is 1.73. The van der Waals surface area contributed by atoms with Crippen LogP contribution in [0.25, 0.3) is 0 Å². The number of nitrogens with one attached hydrogen (secondary N) is 1. The fourth-order valence-corrected chi connectivity index (χ4v) is 3.32. The van der Waals surface area contributed by atoms with E-state index in [1.165, 1.54) is 11.8 Å². The molecule has 0 spiro atoms. The molecule has 0 radical (unpaired) electrons. The highest BCUT2D eigenvalue weighted by Crippen LogP contribution is 2.19. The van der Waals surface area contributed by atoms with Gasteiger partial charge in [0.1, 0.15) is 0 Å². The van der Waals surface area contributed by atoms with E-state index < -0.39 is 0 Å². The van der Waals surface area contributed by atoms with Crippen LogP contribution in [0.4, 0.5) is 5.69 Å². The largest absolute Gasteiger partial charge is 0.416 e. The van der Waals surface area contributed by atoms with Crippen LogP contribution in [0.15, 0.2) is 45.4 Å². The predicted octanol–water partition coefficient (Wildman–Crippen LogP) is 3.55. The van der Waals surface area contributed by atoms with Crippen molar-refractivity contribution in [3.05, 3.63) is 52.3 Å². The van der Waals surface area contributed by atoms with Crippen LogP contribution in [0.1, 0.15) is 23.0 Å². The molecule has 0 aliphatic rings. The van der Waals surface area contributed by atoms with Crippen LogP contribution in [0.3, 0.4) is 0 Å². The number of thioether (sulfide) groups is 1. The van der Waals surface area contributed by atoms with Crippen LogP contribution < -0.4 is 5.32 Å². The van der Waals surface area contributed by atoms with Crippen LogP contribution in [0, 0.1) is 6.92 Å². The lowest BCUT2D eigenvalue weighted by atomic mass is 10.3. The summed E-state index contributed by atoms with van der Waals surface area (Å²) in [6.07, 6.45) is 0.912. The Labute approximate surface area is 147 Å². The van der Waals surface area contributed by atoms with E-state index in [4.69, 9.17) is 4.42 Å². The molecule has 0 aliphatic carbocycles. The highest BCUT2D eigenvalue weighted by molar-refractivity contribution is 7.99. The van der Waals surface area contributed by atoms with Gasteiger partial charge in [0.05, 0.1) is 17.1 Å². The fourth-order valence-electron chi connectivity index (χ4n) is 1.99. The lowest BCUT2D eigenvalue weighted by molar-refractivity contribution is -0.115. The van der Waals surface area contributed by atoms with Gasteiger partial charge in [0, 0.05) is 23.2 Å². The number of carbonyl (C=O) groups is 1. The minimum Gasteiger partial charge on any atom is -0.416 e. The van der Waals surface area contributed by atoms with E-state index in [1.54, 1.807) is 11.3 Å². The zero-order valence-electron chi connectivity index (χ0n) is 13.1. The molecule has 3 rings (SSSR count). The maximum absolute atomic E-state index is 11.9. The topological polar surface area (TPSA) is 80.9 Å². The van der Waals surface area contributed by atoms with Crippen molar-refractivity contribution in [1.82, 2.24) is 15.2 Å². The summed E-state index contributed by atoms with van der Waals surface area (Å²) in [6, 6.07) is 9.39. The first-order valence-electron chi connectivity index (χ1n) is 7.40. The molecule has 0 atom stereocenters. The number of amides is 1. The summed E-state index contributed by atoms with van der Waals surface area (Å²) in [6.45, 7) is 1.96.